The first-order valence-corrected chi connectivity index (χ1v) is 3.39. The lowest BCUT2D eigenvalue weighted by Crippen LogP contribution is -2.22. The molecule has 0 saturated carbocycles. The maximum atomic E-state index is 10.7. The number of hydrogen-bond acceptors (Lipinski definition) is 2. The van der Waals surface area contributed by atoms with E-state index in [-0.39, 0.29) is 11.7 Å². The zero-order valence-corrected chi connectivity index (χ0v) is 5.72. The molecule has 0 aromatic rings. The van der Waals surface area contributed by atoms with Gasteiger partial charge in [-0.05, 0) is 19.8 Å². The summed E-state index contributed by atoms with van der Waals surface area (Å²) in [5.74, 6) is 0.466. The van der Waals surface area contributed by atoms with Crippen LogP contribution in [0.3, 0.4) is 0 Å². The summed E-state index contributed by atoms with van der Waals surface area (Å²) in [6.45, 7) is 3.12. The van der Waals surface area contributed by atoms with Crippen molar-refractivity contribution in [3.8, 4) is 0 Å². The summed E-state index contributed by atoms with van der Waals surface area (Å²) in [7, 11) is 0. The van der Waals surface area contributed by atoms with E-state index >= 15 is 0 Å². The molecule has 1 heterocycles. The SMILES string of the molecule is CC(=O)[C@@H]1CCCOC1. The monoisotopic (exact) mass is 128 g/mol. The second-order valence-corrected chi connectivity index (χ2v) is 2.52. The third-order valence-electron chi connectivity index (χ3n) is 1.74. The largest absolute Gasteiger partial charge is 0.381 e. The van der Waals surface area contributed by atoms with E-state index < -0.39 is 0 Å². The molecule has 0 bridgehead atoms. The van der Waals surface area contributed by atoms with Crippen molar-refractivity contribution in [2.45, 2.75) is 19.8 Å². The lowest BCUT2D eigenvalue weighted by atomic mass is 9.99. The van der Waals surface area contributed by atoms with Crippen LogP contribution in [0.4, 0.5) is 0 Å². The van der Waals surface area contributed by atoms with Gasteiger partial charge in [0.2, 0.25) is 0 Å². The summed E-state index contributed by atoms with van der Waals surface area (Å²) in [6, 6.07) is 0. The van der Waals surface area contributed by atoms with Crippen LogP contribution in [0.2, 0.25) is 0 Å². The Bertz CT molecular complexity index is 103. The van der Waals surface area contributed by atoms with Crippen LogP contribution in [-0.2, 0) is 9.53 Å². The van der Waals surface area contributed by atoms with E-state index in [1.807, 2.05) is 0 Å². The van der Waals surface area contributed by atoms with Crippen molar-refractivity contribution in [3.63, 3.8) is 0 Å². The van der Waals surface area contributed by atoms with Gasteiger partial charge in [-0.2, -0.15) is 0 Å². The van der Waals surface area contributed by atoms with Gasteiger partial charge < -0.3 is 4.74 Å². The zero-order valence-electron chi connectivity index (χ0n) is 5.72. The molecule has 0 spiro atoms. The first-order valence-electron chi connectivity index (χ1n) is 3.39. The van der Waals surface area contributed by atoms with Crippen LogP contribution in [0, 0.1) is 5.92 Å². The highest BCUT2D eigenvalue weighted by atomic mass is 16.5. The molecule has 2 nitrogen and oxygen atoms in total. The highest BCUT2D eigenvalue weighted by Gasteiger charge is 2.17. The molecule has 0 radical (unpaired) electrons. The van der Waals surface area contributed by atoms with Gasteiger partial charge in [0.05, 0.1) is 6.61 Å². The highest BCUT2D eigenvalue weighted by molar-refractivity contribution is 5.78. The molecule has 2 heteroatoms. The Hall–Kier alpha value is -0.370. The van der Waals surface area contributed by atoms with Crippen LogP contribution in [0.5, 0.6) is 0 Å². The molecule has 52 valence electrons. The van der Waals surface area contributed by atoms with Gasteiger partial charge in [0.25, 0.3) is 0 Å². The first kappa shape index (κ1) is 6.75. The van der Waals surface area contributed by atoms with Crippen molar-refractivity contribution in [3.05, 3.63) is 0 Å². The first-order chi connectivity index (χ1) is 4.30. The Morgan fingerprint density at radius 3 is 2.78 bits per heavy atom. The topological polar surface area (TPSA) is 26.3 Å². The molecular formula is C7H12O2. The summed E-state index contributed by atoms with van der Waals surface area (Å²) in [4.78, 5) is 10.7. The molecule has 0 aromatic heterocycles. The Labute approximate surface area is 55.2 Å². The number of hydrogen-bond donors (Lipinski definition) is 0. The average Bonchev–Trinajstić information content (AvgIpc) is 1.90. The van der Waals surface area contributed by atoms with E-state index in [1.54, 1.807) is 6.92 Å². The molecular weight excluding hydrogens is 116 g/mol. The Balaban J connectivity index is 2.31. The quantitative estimate of drug-likeness (QED) is 0.526. The van der Waals surface area contributed by atoms with Crippen LogP contribution in [0.25, 0.3) is 0 Å². The third kappa shape index (κ3) is 1.79. The van der Waals surface area contributed by atoms with Crippen LogP contribution < -0.4 is 0 Å². The van der Waals surface area contributed by atoms with Crippen LogP contribution in [0.15, 0.2) is 0 Å². The molecule has 1 rings (SSSR count). The van der Waals surface area contributed by atoms with Crippen LogP contribution >= 0.6 is 0 Å². The van der Waals surface area contributed by atoms with Crippen LogP contribution in [-0.4, -0.2) is 19.0 Å². The number of ether oxygens (including phenoxy) is 1. The Kier molecular flexibility index (Phi) is 2.22. The molecule has 9 heavy (non-hydrogen) atoms. The van der Waals surface area contributed by atoms with E-state index in [0.717, 1.165) is 19.4 Å². The normalized spacial score (nSPS) is 27.9. The molecule has 1 aliphatic heterocycles. The lowest BCUT2D eigenvalue weighted by molar-refractivity contribution is -0.124. The fourth-order valence-electron chi connectivity index (χ4n) is 1.06. The number of Topliss-reactive ketones (excluding diaryl/α,β-unsaturated/α-hetero) is 1. The van der Waals surface area contributed by atoms with Crippen LogP contribution in [0.1, 0.15) is 19.8 Å². The third-order valence-corrected chi connectivity index (χ3v) is 1.74. The molecule has 0 amide bonds. The Morgan fingerprint density at radius 2 is 2.44 bits per heavy atom. The summed E-state index contributed by atoms with van der Waals surface area (Å²) < 4.78 is 5.12. The van der Waals surface area contributed by atoms with Crippen molar-refractivity contribution < 1.29 is 9.53 Å². The predicted molar refractivity (Wildman–Crippen MR) is 34.2 cm³/mol. The molecule has 1 fully saturated rings. The second-order valence-electron chi connectivity index (χ2n) is 2.52. The maximum absolute atomic E-state index is 10.7. The van der Waals surface area contributed by atoms with E-state index in [9.17, 15) is 4.79 Å². The minimum absolute atomic E-state index is 0.193. The smallest absolute Gasteiger partial charge is 0.135 e. The van der Waals surface area contributed by atoms with Crippen molar-refractivity contribution in [2.75, 3.05) is 13.2 Å². The average molecular weight is 128 g/mol. The van der Waals surface area contributed by atoms with E-state index in [1.165, 1.54) is 0 Å². The molecule has 0 aromatic carbocycles. The highest BCUT2D eigenvalue weighted by Crippen LogP contribution is 2.13. The van der Waals surface area contributed by atoms with E-state index in [2.05, 4.69) is 0 Å². The van der Waals surface area contributed by atoms with Crippen molar-refractivity contribution >= 4 is 5.78 Å². The van der Waals surface area contributed by atoms with Gasteiger partial charge in [-0.3, -0.25) is 4.79 Å². The number of rotatable bonds is 1. The summed E-state index contributed by atoms with van der Waals surface area (Å²) in [5, 5.41) is 0. The fraction of sp³-hybridized carbons (Fsp3) is 0.857. The van der Waals surface area contributed by atoms with Crippen molar-refractivity contribution in [1.82, 2.24) is 0 Å². The zero-order chi connectivity index (χ0) is 6.69. The summed E-state index contributed by atoms with van der Waals surface area (Å²) >= 11 is 0. The number of carbonyl (C=O) groups excluding carboxylic acids is 1. The number of carbonyl (C=O) groups is 1. The summed E-state index contributed by atoms with van der Waals surface area (Å²) in [5.41, 5.74) is 0. The van der Waals surface area contributed by atoms with E-state index in [0.29, 0.717) is 6.61 Å². The molecule has 0 unspecified atom stereocenters. The second kappa shape index (κ2) is 2.97. The molecule has 0 aliphatic carbocycles. The fourth-order valence-corrected chi connectivity index (χ4v) is 1.06. The van der Waals surface area contributed by atoms with E-state index in [4.69, 9.17) is 4.74 Å². The van der Waals surface area contributed by atoms with Gasteiger partial charge in [-0.25, -0.2) is 0 Å². The van der Waals surface area contributed by atoms with Gasteiger partial charge in [-0.15, -0.1) is 0 Å². The predicted octanol–water partition coefficient (Wildman–Crippen LogP) is 1.00. The number of ketones is 1. The maximum Gasteiger partial charge on any atom is 0.135 e. The Morgan fingerprint density at radius 1 is 1.67 bits per heavy atom. The van der Waals surface area contributed by atoms with Gasteiger partial charge in [-0.1, -0.05) is 0 Å². The molecule has 1 atom stereocenters. The van der Waals surface area contributed by atoms with Crippen molar-refractivity contribution in [2.24, 2.45) is 5.92 Å². The summed E-state index contributed by atoms with van der Waals surface area (Å²) in [6.07, 6.45) is 2.07. The van der Waals surface area contributed by atoms with Gasteiger partial charge >= 0.3 is 0 Å². The molecule has 1 aliphatic rings. The van der Waals surface area contributed by atoms with Crippen molar-refractivity contribution in [1.29, 1.82) is 0 Å². The minimum atomic E-state index is 0.193. The van der Waals surface area contributed by atoms with Gasteiger partial charge in [0, 0.05) is 12.5 Å². The van der Waals surface area contributed by atoms with Gasteiger partial charge in [0.1, 0.15) is 5.78 Å². The lowest BCUT2D eigenvalue weighted by Gasteiger charge is -2.18. The standard InChI is InChI=1S/C7H12O2/c1-6(8)7-3-2-4-9-5-7/h7H,2-5H2,1H3/t7-/m1/s1. The molecule has 1 saturated heterocycles. The molecule has 0 N–H and O–H groups in total. The minimum Gasteiger partial charge on any atom is -0.381 e. The van der Waals surface area contributed by atoms with Gasteiger partial charge in [0.15, 0.2) is 0 Å².